The molecule has 0 radical (unpaired) electrons. The van der Waals surface area contributed by atoms with Crippen molar-refractivity contribution in [2.45, 2.75) is 4.90 Å². The second kappa shape index (κ2) is 8.41. The molecule has 14 heteroatoms. The summed E-state index contributed by atoms with van der Waals surface area (Å²) in [5.74, 6) is -1.30. The van der Waals surface area contributed by atoms with Crippen LogP contribution < -0.4 is 4.18 Å². The molecule has 2 aromatic rings. The lowest BCUT2D eigenvalue weighted by Gasteiger charge is -2.23. The summed E-state index contributed by atoms with van der Waals surface area (Å²) in [6, 6.07) is 11.6. The lowest BCUT2D eigenvalue weighted by atomic mass is 10.1. The third-order valence-corrected chi connectivity index (χ3v) is 7.62. The van der Waals surface area contributed by atoms with Crippen molar-refractivity contribution >= 4 is 71.7 Å². The van der Waals surface area contributed by atoms with Crippen molar-refractivity contribution in [3.8, 4) is 5.75 Å². The van der Waals surface area contributed by atoms with Crippen LogP contribution in [0.1, 0.15) is 5.56 Å². The van der Waals surface area contributed by atoms with Crippen LogP contribution in [0.25, 0.3) is 6.08 Å². The molecule has 10 nitrogen and oxygen atoms in total. The number of nitrogens with zero attached hydrogens (tertiary/aromatic N) is 3. The smallest absolute Gasteiger partial charge is 0.339 e. The molecule has 33 heavy (non-hydrogen) atoms. The third kappa shape index (κ3) is 4.57. The Morgan fingerprint density at radius 2 is 1.82 bits per heavy atom. The number of benzene rings is 2. The van der Waals surface area contributed by atoms with E-state index in [1.165, 1.54) is 36.4 Å². The van der Waals surface area contributed by atoms with Gasteiger partial charge in [0.05, 0.1) is 22.5 Å². The summed E-state index contributed by atoms with van der Waals surface area (Å²) >= 11 is 6.87. The molecule has 0 aliphatic carbocycles. The Morgan fingerprint density at radius 3 is 2.45 bits per heavy atom. The zero-order valence-electron chi connectivity index (χ0n) is 16.6. The van der Waals surface area contributed by atoms with E-state index in [2.05, 4.69) is 9.39 Å². The maximum atomic E-state index is 12.4. The fourth-order valence-corrected chi connectivity index (χ4v) is 5.92. The average Bonchev–Trinajstić information content (AvgIpc) is 3.18. The molecule has 2 aliphatic heterocycles. The van der Waals surface area contributed by atoms with E-state index in [-0.39, 0.29) is 26.4 Å². The van der Waals surface area contributed by atoms with Gasteiger partial charge < -0.3 is 4.18 Å². The van der Waals surface area contributed by atoms with Gasteiger partial charge in [0.1, 0.15) is 10.7 Å². The average molecular weight is 525 g/mol. The quantitative estimate of drug-likeness (QED) is 0.365. The molecule has 2 aliphatic rings. The summed E-state index contributed by atoms with van der Waals surface area (Å²) in [5, 5.41) is 7.84. The second-order valence-corrected chi connectivity index (χ2v) is 11.3. The van der Waals surface area contributed by atoms with Crippen molar-refractivity contribution < 1.29 is 25.8 Å². The normalized spacial score (nSPS) is 17.6. The van der Waals surface area contributed by atoms with E-state index < -0.39 is 36.9 Å². The number of nitrogens with one attached hydrogen (secondary N) is 1. The molecule has 1 N–H and O–H groups in total. The maximum absolute atomic E-state index is 12.4. The van der Waals surface area contributed by atoms with Gasteiger partial charge in [-0.3, -0.25) is 10.2 Å². The Kier molecular flexibility index (Phi) is 5.90. The second-order valence-electron chi connectivity index (χ2n) is 6.72. The van der Waals surface area contributed by atoms with Gasteiger partial charge >= 0.3 is 10.1 Å². The molecule has 0 unspecified atom stereocenters. The summed E-state index contributed by atoms with van der Waals surface area (Å²) in [6.07, 6.45) is 2.22. The molecule has 0 spiro atoms. The van der Waals surface area contributed by atoms with E-state index in [0.717, 1.165) is 11.2 Å². The molecule has 0 bridgehead atoms. The highest BCUT2D eigenvalue weighted by atomic mass is 35.5. The summed E-state index contributed by atoms with van der Waals surface area (Å²) in [5.41, 5.74) is 0.139. The van der Waals surface area contributed by atoms with Gasteiger partial charge in [-0.1, -0.05) is 35.9 Å². The van der Waals surface area contributed by atoms with Crippen LogP contribution in [0.5, 0.6) is 5.75 Å². The Morgan fingerprint density at radius 1 is 1.12 bits per heavy atom. The minimum absolute atomic E-state index is 0.0320. The van der Waals surface area contributed by atoms with Crippen LogP contribution >= 0.6 is 23.5 Å². The Balaban J connectivity index is 1.64. The number of sulfone groups is 1. The topological polar surface area (TPSA) is 146 Å². The van der Waals surface area contributed by atoms with Crippen molar-refractivity contribution in [3.63, 3.8) is 0 Å². The zero-order chi connectivity index (χ0) is 24.0. The third-order valence-electron chi connectivity index (χ3n) is 4.32. The SMILES string of the molecule is CS(=O)(=O)C1=NSC2=NC(=O)/C(=C\c3ccc(OS(=O)(=O)c4ccccc4)c(Cl)c3)C(=N)N21. The van der Waals surface area contributed by atoms with E-state index in [1.54, 1.807) is 18.2 Å². The number of amides is 1. The summed E-state index contributed by atoms with van der Waals surface area (Å²) < 4.78 is 57.6. The first kappa shape index (κ1) is 23.2. The molecule has 0 aromatic heterocycles. The molecule has 0 fully saturated rings. The van der Waals surface area contributed by atoms with Crippen LogP contribution in [0.15, 0.2) is 68.4 Å². The summed E-state index contributed by atoms with van der Waals surface area (Å²) in [7, 11) is -7.88. The molecule has 1 amide bonds. The van der Waals surface area contributed by atoms with E-state index in [1.807, 2.05) is 0 Å². The van der Waals surface area contributed by atoms with E-state index >= 15 is 0 Å². The molecule has 0 atom stereocenters. The first-order valence-corrected chi connectivity index (χ1v) is 13.4. The van der Waals surface area contributed by atoms with Gasteiger partial charge in [-0.05, 0) is 35.9 Å². The number of amidine groups is 3. The van der Waals surface area contributed by atoms with E-state index in [9.17, 15) is 21.6 Å². The van der Waals surface area contributed by atoms with Gasteiger partial charge in [0, 0.05) is 6.26 Å². The number of aliphatic imine (C=N–C) groups is 1. The number of carbonyl (C=O) groups excluding carboxylic acids is 1. The van der Waals surface area contributed by atoms with Gasteiger partial charge in [0.2, 0.25) is 20.2 Å². The van der Waals surface area contributed by atoms with Crippen molar-refractivity contribution in [2.24, 2.45) is 9.39 Å². The van der Waals surface area contributed by atoms with Crippen LogP contribution in [-0.2, 0) is 24.7 Å². The zero-order valence-corrected chi connectivity index (χ0v) is 19.8. The standard InChI is InChI=1S/C19H13ClN4O6S3/c1-32(26,27)19-23-31-18-22-17(25)13(16(21)24(18)19)9-11-7-8-15(14(20)10-11)30-33(28,29)12-5-3-2-4-6-12/h2-10,21H,1H3/b13-9-,21-16?. The number of carbonyl (C=O) groups is 1. The fraction of sp³-hybridized carbons (Fsp3) is 0.0526. The minimum atomic E-state index is -4.11. The summed E-state index contributed by atoms with van der Waals surface area (Å²) in [6.45, 7) is 0. The van der Waals surface area contributed by atoms with Gasteiger partial charge in [0.15, 0.2) is 5.75 Å². The molecule has 2 aromatic carbocycles. The first-order chi connectivity index (χ1) is 15.5. The van der Waals surface area contributed by atoms with Crippen LogP contribution in [0.4, 0.5) is 0 Å². The highest BCUT2D eigenvalue weighted by Gasteiger charge is 2.41. The van der Waals surface area contributed by atoms with Crippen LogP contribution in [-0.4, -0.2) is 50.1 Å². The number of rotatable bonds is 4. The monoisotopic (exact) mass is 524 g/mol. The fourth-order valence-electron chi connectivity index (χ4n) is 2.83. The van der Waals surface area contributed by atoms with Crippen LogP contribution in [0.2, 0.25) is 5.02 Å². The molecular weight excluding hydrogens is 512 g/mol. The van der Waals surface area contributed by atoms with Gasteiger partial charge in [-0.15, -0.1) is 0 Å². The van der Waals surface area contributed by atoms with Gasteiger partial charge in [-0.2, -0.15) is 17.8 Å². The van der Waals surface area contributed by atoms with E-state index in [0.29, 0.717) is 17.5 Å². The van der Waals surface area contributed by atoms with Gasteiger partial charge in [-0.25, -0.2) is 13.3 Å². The lowest BCUT2D eigenvalue weighted by molar-refractivity contribution is -0.114. The number of hydrogen-bond donors (Lipinski definition) is 1. The largest absolute Gasteiger partial charge is 0.377 e. The van der Waals surface area contributed by atoms with Crippen LogP contribution in [0.3, 0.4) is 0 Å². The lowest BCUT2D eigenvalue weighted by Crippen LogP contribution is -2.45. The molecule has 0 saturated heterocycles. The van der Waals surface area contributed by atoms with Gasteiger partial charge in [0.25, 0.3) is 5.91 Å². The maximum Gasteiger partial charge on any atom is 0.339 e. The molecule has 0 saturated carbocycles. The molecule has 170 valence electrons. The Labute approximate surface area is 198 Å². The summed E-state index contributed by atoms with van der Waals surface area (Å²) in [4.78, 5) is 17.2. The first-order valence-electron chi connectivity index (χ1n) is 8.95. The predicted molar refractivity (Wildman–Crippen MR) is 126 cm³/mol. The highest BCUT2D eigenvalue weighted by Crippen LogP contribution is 2.32. The van der Waals surface area contributed by atoms with Crippen molar-refractivity contribution in [2.75, 3.05) is 6.26 Å². The minimum Gasteiger partial charge on any atom is -0.377 e. The van der Waals surface area contributed by atoms with Crippen molar-refractivity contribution in [1.82, 2.24) is 4.90 Å². The number of fused-ring (bicyclic) bond motifs is 1. The number of halogens is 1. The Hall–Kier alpha value is -3.00. The predicted octanol–water partition coefficient (Wildman–Crippen LogP) is 2.73. The highest BCUT2D eigenvalue weighted by molar-refractivity contribution is 8.16. The molecule has 4 rings (SSSR count). The Bertz CT molecular complexity index is 1500. The van der Waals surface area contributed by atoms with Crippen molar-refractivity contribution in [3.05, 3.63) is 64.7 Å². The van der Waals surface area contributed by atoms with Crippen molar-refractivity contribution in [1.29, 1.82) is 5.41 Å². The number of hydrogen-bond acceptors (Lipinski definition) is 9. The van der Waals surface area contributed by atoms with Crippen LogP contribution in [0, 0.1) is 5.41 Å². The van der Waals surface area contributed by atoms with E-state index in [4.69, 9.17) is 21.2 Å². The molecular formula is C19H13ClN4O6S3. The molecule has 2 heterocycles.